The van der Waals surface area contributed by atoms with E-state index in [-0.39, 0.29) is 6.61 Å². The first-order valence-corrected chi connectivity index (χ1v) is 6.96. The quantitative estimate of drug-likeness (QED) is 0.877. The van der Waals surface area contributed by atoms with Crippen molar-refractivity contribution in [1.29, 1.82) is 0 Å². The first-order chi connectivity index (χ1) is 9.24. The van der Waals surface area contributed by atoms with Crippen LogP contribution in [0.25, 0.3) is 0 Å². The minimum absolute atomic E-state index is 0.00199. The van der Waals surface area contributed by atoms with Crippen LogP contribution in [0.15, 0.2) is 34.9 Å². The summed E-state index contributed by atoms with van der Waals surface area (Å²) in [5.41, 5.74) is 0.813. The Labute approximate surface area is 119 Å². The molecule has 1 aliphatic carbocycles. The van der Waals surface area contributed by atoms with Crippen LogP contribution in [0.1, 0.15) is 30.1 Å². The van der Waals surface area contributed by atoms with E-state index in [9.17, 15) is 0 Å². The molecule has 0 atom stereocenters. The van der Waals surface area contributed by atoms with E-state index in [2.05, 4.69) is 25.9 Å². The van der Waals surface area contributed by atoms with Crippen molar-refractivity contribution < 1.29 is 9.84 Å². The zero-order chi connectivity index (χ0) is 13.2. The minimum atomic E-state index is -0.00199. The number of aliphatic hydroxyl groups is 1. The van der Waals surface area contributed by atoms with Crippen molar-refractivity contribution in [2.45, 2.75) is 25.4 Å². The largest absolute Gasteiger partial charge is 0.439 e. The summed E-state index contributed by atoms with van der Waals surface area (Å²) in [6, 6.07) is 9.08. The van der Waals surface area contributed by atoms with Gasteiger partial charge in [-0.25, -0.2) is 4.98 Å². The van der Waals surface area contributed by atoms with Gasteiger partial charge in [0.15, 0.2) is 0 Å². The van der Waals surface area contributed by atoms with Gasteiger partial charge in [0.05, 0.1) is 6.61 Å². The highest BCUT2D eigenvalue weighted by Gasteiger charge is 2.27. The van der Waals surface area contributed by atoms with Gasteiger partial charge >= 0.3 is 0 Å². The van der Waals surface area contributed by atoms with Crippen LogP contribution in [0.4, 0.5) is 0 Å². The normalized spacial score (nSPS) is 14.4. The predicted octanol–water partition coefficient (Wildman–Crippen LogP) is 3.40. The molecule has 1 aromatic carbocycles. The predicted molar refractivity (Wildman–Crippen MR) is 74.1 cm³/mol. The zero-order valence-electron chi connectivity index (χ0n) is 10.2. The third kappa shape index (κ3) is 3.11. The molecule has 1 aromatic heterocycles. The smallest absolute Gasteiger partial charge is 0.223 e. The fourth-order valence-corrected chi connectivity index (χ4v) is 2.20. The molecule has 1 N–H and O–H groups in total. The molecule has 98 valence electrons. The van der Waals surface area contributed by atoms with E-state index in [1.807, 2.05) is 18.2 Å². The third-order valence-electron chi connectivity index (χ3n) is 2.93. The minimum Gasteiger partial charge on any atom is -0.439 e. The van der Waals surface area contributed by atoms with Crippen LogP contribution in [0.5, 0.6) is 11.6 Å². The van der Waals surface area contributed by atoms with Crippen molar-refractivity contribution in [2.75, 3.05) is 0 Å². The number of aliphatic hydroxyl groups excluding tert-OH is 1. The number of rotatable bonds is 4. The molecular formula is C14H13BrN2O2. The van der Waals surface area contributed by atoms with Crippen molar-refractivity contribution in [3.63, 3.8) is 0 Å². The van der Waals surface area contributed by atoms with Crippen LogP contribution in [0.3, 0.4) is 0 Å². The highest BCUT2D eigenvalue weighted by Crippen LogP contribution is 2.39. The fraction of sp³-hybridized carbons (Fsp3) is 0.286. The van der Waals surface area contributed by atoms with Crippen LogP contribution in [0, 0.1) is 0 Å². The fourth-order valence-electron chi connectivity index (χ4n) is 1.82. The lowest BCUT2D eigenvalue weighted by atomic mass is 10.2. The summed E-state index contributed by atoms with van der Waals surface area (Å²) in [6.45, 7) is -0.00199. The first-order valence-electron chi connectivity index (χ1n) is 6.17. The summed E-state index contributed by atoms with van der Waals surface area (Å²) in [7, 11) is 0. The second kappa shape index (κ2) is 5.27. The zero-order valence-corrected chi connectivity index (χ0v) is 11.8. The van der Waals surface area contributed by atoms with Gasteiger partial charge < -0.3 is 9.84 Å². The number of halogens is 1. The summed E-state index contributed by atoms with van der Waals surface area (Å²) in [6.07, 6.45) is 2.30. The molecule has 0 radical (unpaired) electrons. The van der Waals surface area contributed by atoms with E-state index in [4.69, 9.17) is 9.84 Å². The van der Waals surface area contributed by atoms with Gasteiger partial charge in [0, 0.05) is 12.0 Å². The summed E-state index contributed by atoms with van der Waals surface area (Å²) in [5.74, 6) is 2.50. The molecule has 5 heteroatoms. The molecule has 4 nitrogen and oxygen atoms in total. The van der Waals surface area contributed by atoms with E-state index < -0.39 is 0 Å². The second-order valence-corrected chi connectivity index (χ2v) is 5.38. The van der Waals surface area contributed by atoms with Gasteiger partial charge in [-0.05, 0) is 46.5 Å². The number of aromatic nitrogens is 2. The Kier molecular flexibility index (Phi) is 3.48. The Morgan fingerprint density at radius 3 is 2.84 bits per heavy atom. The van der Waals surface area contributed by atoms with Crippen LogP contribution in [-0.2, 0) is 6.61 Å². The molecule has 0 saturated heterocycles. The van der Waals surface area contributed by atoms with Crippen molar-refractivity contribution >= 4 is 15.9 Å². The maximum absolute atomic E-state index is 9.11. The summed E-state index contributed by atoms with van der Waals surface area (Å²) < 4.78 is 6.46. The van der Waals surface area contributed by atoms with Gasteiger partial charge in [0.2, 0.25) is 5.88 Å². The van der Waals surface area contributed by atoms with Crippen molar-refractivity contribution in [3.8, 4) is 11.6 Å². The Bertz CT molecular complexity index is 600. The van der Waals surface area contributed by atoms with Crippen molar-refractivity contribution in [1.82, 2.24) is 9.97 Å². The molecule has 0 unspecified atom stereocenters. The van der Waals surface area contributed by atoms with E-state index in [1.165, 1.54) is 0 Å². The monoisotopic (exact) mass is 320 g/mol. The lowest BCUT2D eigenvalue weighted by Crippen LogP contribution is -1.96. The second-order valence-electron chi connectivity index (χ2n) is 4.57. The van der Waals surface area contributed by atoms with E-state index in [0.29, 0.717) is 17.5 Å². The molecular weight excluding hydrogens is 308 g/mol. The van der Waals surface area contributed by atoms with Crippen molar-refractivity contribution in [3.05, 3.63) is 46.3 Å². The van der Waals surface area contributed by atoms with Gasteiger partial charge in [0.1, 0.15) is 16.2 Å². The van der Waals surface area contributed by atoms with Gasteiger partial charge in [-0.1, -0.05) is 12.1 Å². The summed E-state index contributed by atoms with van der Waals surface area (Å²) in [5, 5.41) is 9.11. The van der Waals surface area contributed by atoms with Crippen LogP contribution in [0.2, 0.25) is 0 Å². The molecule has 1 aliphatic rings. The molecule has 0 spiro atoms. The third-order valence-corrected chi connectivity index (χ3v) is 3.34. The molecule has 2 aromatic rings. The van der Waals surface area contributed by atoms with Crippen LogP contribution >= 0.6 is 15.9 Å². The lowest BCUT2D eigenvalue weighted by Gasteiger charge is -2.07. The van der Waals surface area contributed by atoms with Crippen LogP contribution < -0.4 is 4.74 Å². The lowest BCUT2D eigenvalue weighted by molar-refractivity contribution is 0.281. The standard InChI is InChI=1S/C14H13BrN2O2/c15-12-7-13(17-14(16-12)10-4-5-10)19-11-3-1-2-9(6-11)8-18/h1-3,6-7,10,18H,4-5,8H2. The molecule has 3 rings (SSSR count). The van der Waals surface area contributed by atoms with E-state index in [1.54, 1.807) is 12.1 Å². The Morgan fingerprint density at radius 2 is 2.11 bits per heavy atom. The molecule has 1 fully saturated rings. The van der Waals surface area contributed by atoms with Crippen molar-refractivity contribution in [2.24, 2.45) is 0 Å². The molecule has 1 heterocycles. The molecule has 0 aliphatic heterocycles. The highest BCUT2D eigenvalue weighted by atomic mass is 79.9. The van der Waals surface area contributed by atoms with Gasteiger partial charge in [0.25, 0.3) is 0 Å². The number of hydrogen-bond acceptors (Lipinski definition) is 4. The van der Waals surface area contributed by atoms with E-state index >= 15 is 0 Å². The maximum Gasteiger partial charge on any atom is 0.223 e. The summed E-state index contributed by atoms with van der Waals surface area (Å²) in [4.78, 5) is 8.78. The van der Waals surface area contributed by atoms with E-state index in [0.717, 1.165) is 28.8 Å². The molecule has 0 bridgehead atoms. The Morgan fingerprint density at radius 1 is 1.26 bits per heavy atom. The number of benzene rings is 1. The summed E-state index contributed by atoms with van der Waals surface area (Å²) >= 11 is 3.38. The molecule has 0 amide bonds. The highest BCUT2D eigenvalue weighted by molar-refractivity contribution is 9.10. The number of nitrogens with zero attached hydrogens (tertiary/aromatic N) is 2. The molecule has 1 saturated carbocycles. The Hall–Kier alpha value is -1.46. The van der Waals surface area contributed by atoms with Crippen LogP contribution in [-0.4, -0.2) is 15.1 Å². The van der Waals surface area contributed by atoms with Gasteiger partial charge in [-0.2, -0.15) is 4.98 Å². The maximum atomic E-state index is 9.11. The first kappa shape index (κ1) is 12.6. The molecule has 19 heavy (non-hydrogen) atoms. The van der Waals surface area contributed by atoms with Gasteiger partial charge in [-0.15, -0.1) is 0 Å². The average Bonchev–Trinajstić information content (AvgIpc) is 3.22. The SMILES string of the molecule is OCc1cccc(Oc2cc(Br)nc(C3CC3)n2)c1. The topological polar surface area (TPSA) is 55.2 Å². The average molecular weight is 321 g/mol. The number of hydrogen-bond donors (Lipinski definition) is 1. The number of ether oxygens (including phenoxy) is 1. The van der Waals surface area contributed by atoms with Gasteiger partial charge in [-0.3, -0.25) is 0 Å². The Balaban J connectivity index is 1.85.